The van der Waals surface area contributed by atoms with E-state index in [4.69, 9.17) is 19.3 Å². The number of esters is 1. The van der Waals surface area contributed by atoms with Crippen molar-refractivity contribution in [2.75, 3.05) is 43.7 Å². The number of carboxylic acid groups (broad SMARTS) is 1. The van der Waals surface area contributed by atoms with Gasteiger partial charge in [0.05, 0.1) is 31.1 Å². The van der Waals surface area contributed by atoms with Crippen molar-refractivity contribution in [1.29, 1.82) is 0 Å². The third kappa shape index (κ3) is 12.3. The molecule has 2 unspecified atom stereocenters. The molecule has 3 N–H and O–H groups in total. The number of aliphatic carboxylic acids is 1. The normalized spacial score (nSPS) is 15.2. The molecule has 4 heterocycles. The number of halogens is 2. The molecule has 4 amide bonds. The lowest BCUT2D eigenvalue weighted by atomic mass is 10.1. The van der Waals surface area contributed by atoms with Crippen molar-refractivity contribution in [2.45, 2.75) is 57.8 Å². The van der Waals surface area contributed by atoms with Gasteiger partial charge >= 0.3 is 11.9 Å². The molecule has 2 atom stereocenters. The van der Waals surface area contributed by atoms with Crippen molar-refractivity contribution < 1.29 is 56.9 Å². The van der Waals surface area contributed by atoms with E-state index in [9.17, 15) is 37.5 Å². The maximum atomic E-state index is 13.9. The summed E-state index contributed by atoms with van der Waals surface area (Å²) in [7, 11) is 3.14. The van der Waals surface area contributed by atoms with Crippen LogP contribution in [0.15, 0.2) is 97.6 Å². The van der Waals surface area contributed by atoms with E-state index in [0.717, 1.165) is 11.1 Å². The second kappa shape index (κ2) is 22.5. The van der Waals surface area contributed by atoms with Crippen LogP contribution >= 0.6 is 0 Å². The quantitative estimate of drug-likeness (QED) is 0.124. The molecule has 2 aromatic heterocycles. The fourth-order valence-electron chi connectivity index (χ4n) is 7.33. The second-order valence-corrected chi connectivity index (χ2v) is 16.0. The monoisotopic (exact) mass is 962 g/mol. The van der Waals surface area contributed by atoms with E-state index in [0.29, 0.717) is 53.4 Å². The fourth-order valence-corrected chi connectivity index (χ4v) is 7.33. The smallest absolute Gasteiger partial charge is 0.306 e. The number of carbonyl (C=O) groups is 6. The SMILES string of the molecule is CCOC(=O)CCc1ccc2c(c1)N(C)C(=O)C(NC(=O)c1ncn(Cc3ccccc3F)n1)CO2.CN1C(=O)C(NC(=O)c2ncn(Cc3ccccc3F)n2)COc2ccc(CCC(=O)O)cc21. The van der Waals surface area contributed by atoms with Gasteiger partial charge in [-0.15, -0.1) is 10.2 Å². The van der Waals surface area contributed by atoms with Gasteiger partial charge in [0.2, 0.25) is 11.6 Å². The Labute approximate surface area is 399 Å². The molecule has 4 aromatic carbocycles. The lowest BCUT2D eigenvalue weighted by Crippen LogP contribution is -2.49. The maximum Gasteiger partial charge on any atom is 0.306 e. The second-order valence-electron chi connectivity index (χ2n) is 16.0. The molecule has 2 aliphatic rings. The minimum absolute atomic E-state index is 0.0352. The van der Waals surface area contributed by atoms with Crippen LogP contribution in [0.2, 0.25) is 0 Å². The fraction of sp³-hybridized carbons (Fsp3) is 0.292. The number of aromatic nitrogens is 6. The van der Waals surface area contributed by atoms with Crippen LogP contribution in [-0.2, 0) is 49.8 Å². The van der Waals surface area contributed by atoms with Gasteiger partial charge in [-0.05, 0) is 67.3 Å². The van der Waals surface area contributed by atoms with E-state index < -0.39 is 35.8 Å². The first-order valence-corrected chi connectivity index (χ1v) is 22.0. The number of aryl methyl sites for hydroxylation is 2. The topological polar surface area (TPSA) is 242 Å². The first-order valence-electron chi connectivity index (χ1n) is 22.0. The van der Waals surface area contributed by atoms with Gasteiger partial charge in [-0.2, -0.15) is 0 Å². The molecule has 0 saturated carbocycles. The van der Waals surface area contributed by atoms with E-state index >= 15 is 0 Å². The predicted molar refractivity (Wildman–Crippen MR) is 245 cm³/mol. The number of carbonyl (C=O) groups excluding carboxylic acids is 5. The van der Waals surface area contributed by atoms with E-state index in [2.05, 4.69) is 30.8 Å². The molecule has 22 heteroatoms. The van der Waals surface area contributed by atoms with Crippen LogP contribution in [0.5, 0.6) is 11.5 Å². The predicted octanol–water partition coefficient (Wildman–Crippen LogP) is 3.75. The van der Waals surface area contributed by atoms with Gasteiger partial charge in [-0.1, -0.05) is 48.5 Å². The van der Waals surface area contributed by atoms with Crippen molar-refractivity contribution in [3.05, 3.63) is 143 Å². The summed E-state index contributed by atoms with van der Waals surface area (Å²) in [5.74, 6) is -3.48. The standard InChI is InChI=1S/C25H26FN5O5.C23H22FN5O5/c1-3-35-22(32)11-9-16-8-10-21-20(12-16)30(2)25(34)19(14-36-21)28-24(33)23-27-15-31(29-23)13-17-6-4-5-7-18(17)26;1-28-18-10-14(7-9-20(30)31)6-8-19(18)34-12-17(23(28)33)26-22(32)21-25-13-29(27-21)11-15-4-2-3-5-16(15)24/h4-8,10,12,15,19H,3,9,11,13-14H2,1-2H3,(H,28,33);2-6,8,10,13,17H,7,9,11-12H2,1H3,(H,26,32)(H,30,31). The first-order chi connectivity index (χ1) is 33.7. The third-order valence-electron chi connectivity index (χ3n) is 11.1. The lowest BCUT2D eigenvalue weighted by molar-refractivity contribution is -0.143. The van der Waals surface area contributed by atoms with Gasteiger partial charge in [-0.3, -0.25) is 28.8 Å². The Kier molecular flexibility index (Phi) is 15.9. The zero-order valence-corrected chi connectivity index (χ0v) is 38.2. The minimum Gasteiger partial charge on any atom is -0.489 e. The molecule has 0 saturated heterocycles. The van der Waals surface area contributed by atoms with Crippen LogP contribution in [0.1, 0.15) is 63.3 Å². The van der Waals surface area contributed by atoms with E-state index in [1.54, 1.807) is 87.7 Å². The molecular formula is C48H48F2N10O10. The summed E-state index contributed by atoms with van der Waals surface area (Å²) in [6.07, 6.45) is 3.59. The largest absolute Gasteiger partial charge is 0.489 e. The molecule has 20 nitrogen and oxygen atoms in total. The molecular weight excluding hydrogens is 915 g/mol. The number of nitrogens with zero attached hydrogens (tertiary/aromatic N) is 8. The number of benzene rings is 4. The summed E-state index contributed by atoms with van der Waals surface area (Å²) in [5.41, 5.74) is 3.41. The molecule has 0 aliphatic carbocycles. The molecule has 0 fully saturated rings. The highest BCUT2D eigenvalue weighted by atomic mass is 19.1. The zero-order valence-electron chi connectivity index (χ0n) is 38.2. The van der Waals surface area contributed by atoms with E-state index in [1.807, 2.05) is 6.07 Å². The number of rotatable bonds is 15. The van der Waals surface area contributed by atoms with Gasteiger partial charge in [0.15, 0.2) is 0 Å². The molecule has 6 aromatic rings. The van der Waals surface area contributed by atoms with Gasteiger partial charge in [-0.25, -0.2) is 28.1 Å². The number of amides is 4. The minimum atomic E-state index is -0.995. The molecule has 2 aliphatic heterocycles. The third-order valence-corrected chi connectivity index (χ3v) is 11.1. The summed E-state index contributed by atoms with van der Waals surface area (Å²) in [5, 5.41) is 22.3. The van der Waals surface area contributed by atoms with Crippen molar-refractivity contribution in [1.82, 2.24) is 40.2 Å². The van der Waals surface area contributed by atoms with Gasteiger partial charge < -0.3 is 39.8 Å². The number of hydrogen-bond acceptors (Lipinski definition) is 13. The van der Waals surface area contributed by atoms with Crippen molar-refractivity contribution in [2.24, 2.45) is 0 Å². The highest BCUT2D eigenvalue weighted by molar-refractivity contribution is 6.03. The number of carboxylic acids is 1. The molecule has 0 spiro atoms. The number of ether oxygens (including phenoxy) is 3. The highest BCUT2D eigenvalue weighted by Gasteiger charge is 2.33. The number of fused-ring (bicyclic) bond motifs is 2. The van der Waals surface area contributed by atoms with Gasteiger partial charge in [0, 0.05) is 38.1 Å². The van der Waals surface area contributed by atoms with Crippen molar-refractivity contribution >= 4 is 46.9 Å². The summed E-state index contributed by atoms with van der Waals surface area (Å²) in [6.45, 7) is 2.09. The summed E-state index contributed by atoms with van der Waals surface area (Å²) < 4.78 is 46.9. The summed E-state index contributed by atoms with van der Waals surface area (Å²) in [4.78, 5) is 84.7. The average molecular weight is 963 g/mol. The van der Waals surface area contributed by atoms with Crippen LogP contribution in [-0.4, -0.2) is 116 Å². The zero-order chi connectivity index (χ0) is 49.9. The number of anilines is 2. The Balaban J connectivity index is 0.000000207. The van der Waals surface area contributed by atoms with Crippen LogP contribution in [0.4, 0.5) is 20.2 Å². The van der Waals surface area contributed by atoms with Crippen LogP contribution in [0.25, 0.3) is 0 Å². The van der Waals surface area contributed by atoms with Crippen molar-refractivity contribution in [3.63, 3.8) is 0 Å². The number of likely N-dealkylation sites (N-methyl/N-ethyl adjacent to an activating group) is 2. The molecule has 0 bridgehead atoms. The maximum absolute atomic E-state index is 13.9. The molecule has 364 valence electrons. The first kappa shape index (κ1) is 49.3. The van der Waals surface area contributed by atoms with E-state index in [1.165, 1.54) is 44.0 Å². The Hall–Kier alpha value is -8.56. The number of hydrogen-bond donors (Lipinski definition) is 3. The van der Waals surface area contributed by atoms with Gasteiger partial charge in [0.25, 0.3) is 23.6 Å². The molecule has 8 rings (SSSR count). The Morgan fingerprint density at radius 2 is 1.13 bits per heavy atom. The molecule has 70 heavy (non-hydrogen) atoms. The van der Waals surface area contributed by atoms with Crippen LogP contribution in [0, 0.1) is 11.6 Å². The van der Waals surface area contributed by atoms with Crippen molar-refractivity contribution in [3.8, 4) is 11.5 Å². The average Bonchev–Trinajstić information content (AvgIpc) is 3.99. The van der Waals surface area contributed by atoms with E-state index in [-0.39, 0.29) is 74.3 Å². The number of nitrogens with one attached hydrogen (secondary N) is 2. The Morgan fingerprint density at radius 1 is 0.686 bits per heavy atom. The summed E-state index contributed by atoms with van der Waals surface area (Å²) in [6, 6.07) is 21.0. The summed E-state index contributed by atoms with van der Waals surface area (Å²) >= 11 is 0. The van der Waals surface area contributed by atoms with Crippen LogP contribution < -0.4 is 29.9 Å². The van der Waals surface area contributed by atoms with Crippen LogP contribution in [0.3, 0.4) is 0 Å². The lowest BCUT2D eigenvalue weighted by Gasteiger charge is -2.20. The van der Waals surface area contributed by atoms with Gasteiger partial charge in [0.1, 0.15) is 61.1 Å². The molecule has 0 radical (unpaired) electrons. The Morgan fingerprint density at radius 3 is 1.56 bits per heavy atom. The Bertz CT molecular complexity index is 2910. The highest BCUT2D eigenvalue weighted by Crippen LogP contribution is 2.33.